The largest absolute Gasteiger partial charge is 0.391 e. The summed E-state index contributed by atoms with van der Waals surface area (Å²) in [5.74, 6) is 0.0928. The average molecular weight is 213 g/mol. The molecule has 1 amide bonds. The molecule has 86 valence electrons. The minimum absolute atomic E-state index is 0.0928. The topological polar surface area (TPSA) is 49.8 Å². The van der Waals surface area contributed by atoms with Crippen molar-refractivity contribution < 1.29 is 14.6 Å². The summed E-state index contributed by atoms with van der Waals surface area (Å²) >= 11 is 0. The molecular formula is C11H19NO3. The lowest BCUT2D eigenvalue weighted by Crippen LogP contribution is -2.40. The number of rotatable bonds is 2. The summed E-state index contributed by atoms with van der Waals surface area (Å²) in [5.41, 5.74) is 0.179. The van der Waals surface area contributed by atoms with E-state index in [-0.39, 0.29) is 11.3 Å². The lowest BCUT2D eigenvalue weighted by Gasteiger charge is -2.36. The van der Waals surface area contributed by atoms with Gasteiger partial charge in [-0.05, 0) is 18.3 Å². The fraction of sp³-hybridized carbons (Fsp3) is 0.909. The number of amides is 1. The number of aliphatic hydroxyl groups excluding tert-OH is 1. The molecule has 2 heterocycles. The smallest absolute Gasteiger partial charge is 0.225 e. The highest BCUT2D eigenvalue weighted by Crippen LogP contribution is 2.31. The molecule has 0 aromatic carbocycles. The second kappa shape index (κ2) is 4.10. The van der Waals surface area contributed by atoms with Gasteiger partial charge in [0.15, 0.2) is 0 Å². The number of aliphatic hydroxyl groups is 1. The highest BCUT2D eigenvalue weighted by atomic mass is 16.5. The molecule has 0 aromatic heterocycles. The van der Waals surface area contributed by atoms with E-state index in [1.807, 2.05) is 0 Å². The lowest BCUT2D eigenvalue weighted by atomic mass is 9.82. The highest BCUT2D eigenvalue weighted by molar-refractivity contribution is 5.79. The zero-order chi connectivity index (χ0) is 10.9. The molecule has 1 N–H and O–H groups in total. The maximum Gasteiger partial charge on any atom is 0.225 e. The number of ether oxygens (including phenoxy) is 1. The van der Waals surface area contributed by atoms with E-state index in [1.165, 1.54) is 0 Å². The van der Waals surface area contributed by atoms with E-state index in [4.69, 9.17) is 4.74 Å². The fourth-order valence-corrected chi connectivity index (χ4v) is 2.39. The van der Waals surface area contributed by atoms with Crippen LogP contribution in [0.15, 0.2) is 0 Å². The van der Waals surface area contributed by atoms with E-state index >= 15 is 0 Å². The third-order valence-corrected chi connectivity index (χ3v) is 3.47. The van der Waals surface area contributed by atoms with Crippen molar-refractivity contribution in [1.29, 1.82) is 0 Å². The number of likely N-dealkylation sites (tertiary alicyclic amines) is 1. The molecule has 0 spiro atoms. The molecular weight excluding hydrogens is 194 g/mol. The summed E-state index contributed by atoms with van der Waals surface area (Å²) in [5, 5.41) is 9.40. The second-order valence-corrected chi connectivity index (χ2v) is 5.06. The van der Waals surface area contributed by atoms with Gasteiger partial charge in [0.1, 0.15) is 0 Å². The molecule has 0 aromatic rings. The van der Waals surface area contributed by atoms with Gasteiger partial charge in [-0.15, -0.1) is 0 Å². The molecule has 0 aliphatic carbocycles. The Bertz CT molecular complexity index is 248. The van der Waals surface area contributed by atoms with E-state index in [1.54, 1.807) is 4.90 Å². The van der Waals surface area contributed by atoms with Crippen LogP contribution in [0.3, 0.4) is 0 Å². The van der Waals surface area contributed by atoms with Gasteiger partial charge in [0.05, 0.1) is 12.5 Å². The van der Waals surface area contributed by atoms with Crippen LogP contribution in [0.1, 0.15) is 26.2 Å². The van der Waals surface area contributed by atoms with Gasteiger partial charge < -0.3 is 14.7 Å². The van der Waals surface area contributed by atoms with Crippen LogP contribution in [-0.4, -0.2) is 48.3 Å². The molecule has 15 heavy (non-hydrogen) atoms. The predicted octanol–water partition coefficient (Wildman–Crippen LogP) is 0.396. The minimum Gasteiger partial charge on any atom is -0.391 e. The van der Waals surface area contributed by atoms with Crippen LogP contribution in [-0.2, 0) is 9.53 Å². The number of nitrogens with zero attached hydrogens (tertiary/aromatic N) is 1. The van der Waals surface area contributed by atoms with Crippen LogP contribution in [0.2, 0.25) is 0 Å². The molecule has 4 nitrogen and oxygen atoms in total. The number of hydrogen-bond acceptors (Lipinski definition) is 3. The van der Waals surface area contributed by atoms with Crippen LogP contribution in [0.25, 0.3) is 0 Å². The molecule has 2 aliphatic heterocycles. The molecule has 1 unspecified atom stereocenters. The van der Waals surface area contributed by atoms with Gasteiger partial charge in [-0.2, -0.15) is 0 Å². The van der Waals surface area contributed by atoms with Gasteiger partial charge in [0, 0.05) is 26.3 Å². The van der Waals surface area contributed by atoms with Crippen molar-refractivity contribution in [2.45, 2.75) is 32.3 Å². The van der Waals surface area contributed by atoms with Gasteiger partial charge in [-0.3, -0.25) is 4.79 Å². The summed E-state index contributed by atoms with van der Waals surface area (Å²) in [4.78, 5) is 13.3. The van der Waals surface area contributed by atoms with Crippen LogP contribution in [0.4, 0.5) is 0 Å². The third-order valence-electron chi connectivity index (χ3n) is 3.47. The maximum atomic E-state index is 11.5. The van der Waals surface area contributed by atoms with Crippen LogP contribution < -0.4 is 0 Å². The first-order valence-corrected chi connectivity index (χ1v) is 5.63. The molecule has 2 fully saturated rings. The van der Waals surface area contributed by atoms with Gasteiger partial charge in [-0.25, -0.2) is 0 Å². The Morgan fingerprint density at radius 2 is 2.20 bits per heavy atom. The average Bonchev–Trinajstić information content (AvgIpc) is 2.45. The number of carbonyl (C=O) groups excluding carboxylic acids is 1. The van der Waals surface area contributed by atoms with Gasteiger partial charge in [-0.1, -0.05) is 6.92 Å². The number of hydrogen-bond donors (Lipinski definition) is 1. The quantitative estimate of drug-likeness (QED) is 0.722. The second-order valence-electron chi connectivity index (χ2n) is 5.06. The molecule has 0 saturated carbocycles. The summed E-state index contributed by atoms with van der Waals surface area (Å²) in [6, 6.07) is 0. The molecule has 4 heteroatoms. The van der Waals surface area contributed by atoms with E-state index in [9.17, 15) is 9.90 Å². The van der Waals surface area contributed by atoms with Crippen molar-refractivity contribution in [3.8, 4) is 0 Å². The standard InChI is InChI=1S/C11H19NO3/c1-11(2-4-15-5-3-11)8-12-7-9(13)6-10(12)14/h9,13H,2-8H2,1H3. The maximum absolute atomic E-state index is 11.5. The Labute approximate surface area is 90.2 Å². The summed E-state index contributed by atoms with van der Waals surface area (Å²) in [6.07, 6.45) is 1.85. The first-order chi connectivity index (χ1) is 7.09. The van der Waals surface area contributed by atoms with E-state index in [0.29, 0.717) is 13.0 Å². The van der Waals surface area contributed by atoms with Gasteiger partial charge in [0.25, 0.3) is 0 Å². The molecule has 2 aliphatic rings. The van der Waals surface area contributed by atoms with Crippen LogP contribution in [0.5, 0.6) is 0 Å². The molecule has 2 saturated heterocycles. The fourth-order valence-electron chi connectivity index (χ4n) is 2.39. The van der Waals surface area contributed by atoms with Crippen molar-refractivity contribution in [3.63, 3.8) is 0 Å². The third kappa shape index (κ3) is 2.49. The lowest BCUT2D eigenvalue weighted by molar-refractivity contribution is -0.130. The van der Waals surface area contributed by atoms with Crippen LogP contribution >= 0.6 is 0 Å². The monoisotopic (exact) mass is 213 g/mol. The highest BCUT2D eigenvalue weighted by Gasteiger charge is 2.35. The zero-order valence-electron chi connectivity index (χ0n) is 9.24. The van der Waals surface area contributed by atoms with Crippen molar-refractivity contribution in [2.24, 2.45) is 5.41 Å². The van der Waals surface area contributed by atoms with Crippen molar-refractivity contribution in [3.05, 3.63) is 0 Å². The Balaban J connectivity index is 1.92. The van der Waals surface area contributed by atoms with E-state index in [0.717, 1.165) is 32.6 Å². The normalized spacial score (nSPS) is 30.9. The number of β-amino-alcohol motifs (C(OH)–C–C–N with tert-alkyl or cyclic N) is 1. The van der Waals surface area contributed by atoms with E-state index < -0.39 is 6.10 Å². The SMILES string of the molecule is CC1(CN2CC(O)CC2=O)CCOCC1. The van der Waals surface area contributed by atoms with E-state index in [2.05, 4.69) is 6.92 Å². The summed E-state index contributed by atoms with van der Waals surface area (Å²) in [7, 11) is 0. The van der Waals surface area contributed by atoms with Crippen molar-refractivity contribution in [1.82, 2.24) is 4.90 Å². The Morgan fingerprint density at radius 1 is 1.53 bits per heavy atom. The van der Waals surface area contributed by atoms with Gasteiger partial charge in [0.2, 0.25) is 5.91 Å². The molecule has 1 atom stereocenters. The Morgan fingerprint density at radius 3 is 2.73 bits per heavy atom. The first-order valence-electron chi connectivity index (χ1n) is 5.63. The Hall–Kier alpha value is -0.610. The predicted molar refractivity (Wildman–Crippen MR) is 55.4 cm³/mol. The van der Waals surface area contributed by atoms with Crippen LogP contribution in [0, 0.1) is 5.41 Å². The van der Waals surface area contributed by atoms with Crippen molar-refractivity contribution in [2.75, 3.05) is 26.3 Å². The van der Waals surface area contributed by atoms with Gasteiger partial charge >= 0.3 is 0 Å². The van der Waals surface area contributed by atoms with Crippen molar-refractivity contribution >= 4 is 5.91 Å². The number of carbonyl (C=O) groups is 1. The summed E-state index contributed by atoms with van der Waals surface area (Å²) < 4.78 is 5.32. The summed E-state index contributed by atoms with van der Waals surface area (Å²) in [6.45, 7) is 5.07. The molecule has 2 rings (SSSR count). The molecule has 0 bridgehead atoms. The Kier molecular flexibility index (Phi) is 2.98. The minimum atomic E-state index is -0.457. The first kappa shape index (κ1) is 10.9. The molecule has 0 radical (unpaired) electrons. The zero-order valence-corrected chi connectivity index (χ0v) is 9.24.